The Labute approximate surface area is 156 Å². The lowest BCUT2D eigenvalue weighted by Crippen LogP contribution is -2.21. The summed E-state index contributed by atoms with van der Waals surface area (Å²) in [5.74, 6) is -3.65. The van der Waals surface area contributed by atoms with E-state index in [2.05, 4.69) is 0 Å². The van der Waals surface area contributed by atoms with Crippen LogP contribution in [0.2, 0.25) is 0 Å². The number of phenols is 1. The molecule has 0 radical (unpaired) electrons. The standard InChI is InChI=1S/C20H10O6S/c21-12-8-4-3-7-11(12)16(23)14-13-15(22)9-5-1-2-6-10(9)17(24)18(13)27-19(14)20(25)26/h1-8,21H,(H,25,26). The fourth-order valence-electron chi connectivity index (χ4n) is 3.11. The maximum absolute atomic E-state index is 13.0. The Kier molecular flexibility index (Phi) is 3.75. The highest BCUT2D eigenvalue weighted by Gasteiger charge is 2.39. The van der Waals surface area contributed by atoms with Crippen molar-refractivity contribution in [2.24, 2.45) is 0 Å². The van der Waals surface area contributed by atoms with Crippen LogP contribution in [0.15, 0.2) is 48.5 Å². The zero-order valence-corrected chi connectivity index (χ0v) is 14.4. The van der Waals surface area contributed by atoms with Crippen LogP contribution in [0.25, 0.3) is 0 Å². The van der Waals surface area contributed by atoms with E-state index in [1.54, 1.807) is 12.1 Å². The van der Waals surface area contributed by atoms with E-state index in [4.69, 9.17) is 0 Å². The van der Waals surface area contributed by atoms with Crippen molar-refractivity contribution >= 4 is 34.7 Å². The summed E-state index contributed by atoms with van der Waals surface area (Å²) in [5, 5.41) is 19.5. The van der Waals surface area contributed by atoms with Gasteiger partial charge in [0.25, 0.3) is 0 Å². The average molecular weight is 378 g/mol. The van der Waals surface area contributed by atoms with E-state index in [0.29, 0.717) is 11.3 Å². The molecule has 1 aliphatic rings. The minimum absolute atomic E-state index is 0.0742. The van der Waals surface area contributed by atoms with Crippen molar-refractivity contribution in [1.29, 1.82) is 0 Å². The zero-order valence-electron chi connectivity index (χ0n) is 13.6. The lowest BCUT2D eigenvalue weighted by atomic mass is 9.85. The summed E-state index contributed by atoms with van der Waals surface area (Å²) in [6.07, 6.45) is 0. The number of para-hydroxylation sites is 1. The number of aromatic hydroxyl groups is 1. The highest BCUT2D eigenvalue weighted by molar-refractivity contribution is 7.17. The van der Waals surface area contributed by atoms with E-state index in [9.17, 15) is 29.4 Å². The molecule has 1 aliphatic carbocycles. The Morgan fingerprint density at radius 2 is 1.44 bits per heavy atom. The van der Waals surface area contributed by atoms with Crippen LogP contribution in [-0.4, -0.2) is 33.5 Å². The summed E-state index contributed by atoms with van der Waals surface area (Å²) in [6, 6.07) is 11.8. The van der Waals surface area contributed by atoms with Gasteiger partial charge < -0.3 is 10.2 Å². The molecular weight excluding hydrogens is 368 g/mol. The molecule has 0 amide bonds. The molecule has 0 spiro atoms. The van der Waals surface area contributed by atoms with Gasteiger partial charge in [0.1, 0.15) is 10.6 Å². The number of benzene rings is 2. The van der Waals surface area contributed by atoms with Crippen molar-refractivity contribution in [2.75, 3.05) is 0 Å². The number of fused-ring (bicyclic) bond motifs is 2. The predicted octanol–water partition coefficient (Wildman–Crippen LogP) is 3.16. The second-order valence-corrected chi connectivity index (χ2v) is 6.89. The van der Waals surface area contributed by atoms with Crippen molar-refractivity contribution < 1.29 is 29.4 Å². The second-order valence-electron chi connectivity index (χ2n) is 5.87. The molecule has 0 bridgehead atoms. The molecule has 1 heterocycles. The largest absolute Gasteiger partial charge is 0.507 e. The van der Waals surface area contributed by atoms with Crippen molar-refractivity contribution in [2.45, 2.75) is 0 Å². The zero-order chi connectivity index (χ0) is 19.3. The number of carbonyl (C=O) groups excluding carboxylic acids is 3. The molecule has 0 atom stereocenters. The van der Waals surface area contributed by atoms with Crippen LogP contribution in [0.1, 0.15) is 56.7 Å². The van der Waals surface area contributed by atoms with Gasteiger partial charge in [-0.3, -0.25) is 14.4 Å². The van der Waals surface area contributed by atoms with Crippen LogP contribution in [0.4, 0.5) is 0 Å². The van der Waals surface area contributed by atoms with Gasteiger partial charge in [-0.05, 0) is 12.1 Å². The minimum atomic E-state index is -1.42. The molecule has 0 unspecified atom stereocenters. The molecule has 7 heteroatoms. The number of rotatable bonds is 3. The summed E-state index contributed by atoms with van der Waals surface area (Å²) in [4.78, 5) is 50.0. The van der Waals surface area contributed by atoms with Gasteiger partial charge in [0, 0.05) is 11.1 Å². The lowest BCUT2D eigenvalue weighted by Gasteiger charge is -2.15. The number of carbonyl (C=O) groups is 4. The third-order valence-electron chi connectivity index (χ3n) is 4.33. The fraction of sp³-hybridized carbons (Fsp3) is 0. The summed E-state index contributed by atoms with van der Waals surface area (Å²) < 4.78 is 0. The quantitative estimate of drug-likeness (QED) is 0.530. The molecule has 27 heavy (non-hydrogen) atoms. The summed E-state index contributed by atoms with van der Waals surface area (Å²) in [6.45, 7) is 0. The monoisotopic (exact) mass is 378 g/mol. The number of hydrogen-bond acceptors (Lipinski definition) is 6. The Morgan fingerprint density at radius 1 is 0.852 bits per heavy atom. The van der Waals surface area contributed by atoms with E-state index < -0.39 is 28.2 Å². The molecule has 3 aromatic rings. The van der Waals surface area contributed by atoms with E-state index in [1.807, 2.05) is 0 Å². The number of thiophene rings is 1. The molecule has 6 nitrogen and oxygen atoms in total. The van der Waals surface area contributed by atoms with Crippen molar-refractivity contribution in [3.63, 3.8) is 0 Å². The SMILES string of the molecule is O=C(O)c1sc2c(c1C(=O)c1ccccc1O)C(=O)c1ccccc1C2=O. The third-order valence-corrected chi connectivity index (χ3v) is 5.50. The van der Waals surface area contributed by atoms with Gasteiger partial charge in [-0.1, -0.05) is 36.4 Å². The molecule has 0 saturated heterocycles. The first-order chi connectivity index (χ1) is 12.9. The highest BCUT2D eigenvalue weighted by Crippen LogP contribution is 2.38. The molecule has 0 saturated carbocycles. The minimum Gasteiger partial charge on any atom is -0.507 e. The van der Waals surface area contributed by atoms with E-state index in [0.717, 1.165) is 0 Å². The third kappa shape index (κ3) is 2.40. The van der Waals surface area contributed by atoms with Crippen LogP contribution in [0.5, 0.6) is 5.75 Å². The van der Waals surface area contributed by atoms with E-state index >= 15 is 0 Å². The van der Waals surface area contributed by atoms with Crippen molar-refractivity contribution in [3.05, 3.63) is 86.1 Å². The highest BCUT2D eigenvalue weighted by atomic mass is 32.1. The maximum atomic E-state index is 13.0. The summed E-state index contributed by atoms with van der Waals surface area (Å²) in [5.41, 5.74) is -0.420. The van der Waals surface area contributed by atoms with E-state index in [-0.39, 0.29) is 38.4 Å². The van der Waals surface area contributed by atoms with Gasteiger partial charge in [0.2, 0.25) is 5.78 Å². The van der Waals surface area contributed by atoms with Gasteiger partial charge in [0.05, 0.1) is 21.6 Å². The predicted molar refractivity (Wildman–Crippen MR) is 96.1 cm³/mol. The number of carboxylic acid groups (broad SMARTS) is 1. The number of aromatic carboxylic acids is 1. The Bertz CT molecular complexity index is 1170. The first kappa shape index (κ1) is 16.9. The first-order valence-corrected chi connectivity index (χ1v) is 8.64. The normalized spacial score (nSPS) is 12.4. The Balaban J connectivity index is 2.02. The van der Waals surface area contributed by atoms with Gasteiger partial charge in [-0.15, -0.1) is 11.3 Å². The summed E-state index contributed by atoms with van der Waals surface area (Å²) >= 11 is 0.602. The van der Waals surface area contributed by atoms with Crippen LogP contribution in [0, 0.1) is 0 Å². The van der Waals surface area contributed by atoms with Crippen LogP contribution >= 0.6 is 11.3 Å². The fourth-order valence-corrected chi connectivity index (χ4v) is 4.20. The maximum Gasteiger partial charge on any atom is 0.346 e. The van der Waals surface area contributed by atoms with Gasteiger partial charge in [0.15, 0.2) is 11.6 Å². The van der Waals surface area contributed by atoms with Crippen LogP contribution < -0.4 is 0 Å². The molecule has 0 aliphatic heterocycles. The number of hydrogen-bond donors (Lipinski definition) is 2. The molecule has 132 valence electrons. The molecule has 1 aromatic heterocycles. The van der Waals surface area contributed by atoms with Gasteiger partial charge >= 0.3 is 5.97 Å². The lowest BCUT2D eigenvalue weighted by molar-refractivity contribution is 0.0698. The van der Waals surface area contributed by atoms with Crippen LogP contribution in [-0.2, 0) is 0 Å². The van der Waals surface area contributed by atoms with Gasteiger partial charge in [-0.25, -0.2) is 4.79 Å². The molecular formula is C20H10O6S. The molecule has 2 aromatic carbocycles. The second kappa shape index (κ2) is 6.00. The molecule has 2 N–H and O–H groups in total. The topological polar surface area (TPSA) is 109 Å². The summed E-state index contributed by atoms with van der Waals surface area (Å²) in [7, 11) is 0. The van der Waals surface area contributed by atoms with Crippen molar-refractivity contribution in [1.82, 2.24) is 0 Å². The number of carboxylic acids is 1. The van der Waals surface area contributed by atoms with Crippen LogP contribution in [0.3, 0.4) is 0 Å². The Morgan fingerprint density at radius 3 is 2.07 bits per heavy atom. The number of ketones is 3. The average Bonchev–Trinajstić information content (AvgIpc) is 3.07. The first-order valence-electron chi connectivity index (χ1n) is 7.83. The smallest absolute Gasteiger partial charge is 0.346 e. The van der Waals surface area contributed by atoms with Gasteiger partial charge in [-0.2, -0.15) is 0 Å². The molecule has 0 fully saturated rings. The van der Waals surface area contributed by atoms with E-state index in [1.165, 1.54) is 36.4 Å². The Hall–Kier alpha value is -3.58. The number of phenolic OH excluding ortho intramolecular Hbond substituents is 1. The molecule has 4 rings (SSSR count). The van der Waals surface area contributed by atoms with Crippen molar-refractivity contribution in [3.8, 4) is 5.75 Å².